The number of piperidine rings is 1. The van der Waals surface area contributed by atoms with E-state index in [1.807, 2.05) is 6.07 Å². The molecule has 2 bridgehead atoms. The zero-order valence-corrected chi connectivity index (χ0v) is 22.0. The van der Waals surface area contributed by atoms with Crippen LogP contribution in [0, 0.1) is 5.92 Å². The van der Waals surface area contributed by atoms with E-state index in [-0.39, 0.29) is 33.7 Å². The predicted molar refractivity (Wildman–Crippen MR) is 131 cm³/mol. The second-order valence-electron chi connectivity index (χ2n) is 9.57. The number of Topliss-reactive ketones (excluding diaryl/α,β-unsaturated/α-hetero) is 1. The van der Waals surface area contributed by atoms with Gasteiger partial charge in [-0.25, -0.2) is 29.0 Å². The number of benzene rings is 1. The Morgan fingerprint density at radius 2 is 1.85 bits per heavy atom. The summed E-state index contributed by atoms with van der Waals surface area (Å²) < 4.78 is 11.8. The zero-order chi connectivity index (χ0) is 27.1. The first-order valence-electron chi connectivity index (χ1n) is 11.8. The number of likely N-dealkylation sites (tertiary alicyclic amines) is 1. The zero-order valence-electron chi connectivity index (χ0n) is 22.0. The second-order valence-corrected chi connectivity index (χ2v) is 9.57. The fourth-order valence-corrected chi connectivity index (χ4v) is 6.18. The number of hydrogen-bond acceptors (Lipinski definition) is 12. The molecule has 6 atom stereocenters. The lowest BCUT2D eigenvalue weighted by Crippen LogP contribution is -2.65. The van der Waals surface area contributed by atoms with Gasteiger partial charge in [-0.15, -0.1) is 0 Å². The Morgan fingerprint density at radius 3 is 2.42 bits per heavy atom. The Kier molecular flexibility index (Phi) is 11.5. The van der Waals surface area contributed by atoms with Crippen molar-refractivity contribution in [2.24, 2.45) is 5.92 Å². The lowest BCUT2D eigenvalue weighted by Gasteiger charge is -2.57. The molecule has 2 aliphatic carbocycles. The van der Waals surface area contributed by atoms with Gasteiger partial charge in [0.2, 0.25) is 6.10 Å². The van der Waals surface area contributed by atoms with Crippen molar-refractivity contribution in [1.29, 1.82) is 0 Å². The largest absolute Gasteiger partial charge is 0.493 e. The molecule has 2 aliphatic heterocycles. The van der Waals surface area contributed by atoms with Gasteiger partial charge in [-0.2, -0.15) is 0 Å². The number of aliphatic hydroxyl groups excluding tert-OH is 1. The second kappa shape index (κ2) is 13.3. The summed E-state index contributed by atoms with van der Waals surface area (Å²) in [6, 6.07) is 4.73. The van der Waals surface area contributed by atoms with Crippen molar-refractivity contribution in [3.05, 3.63) is 23.3 Å². The maximum Gasteiger partial charge on any atom is 0.390 e. The number of methoxy groups -OCH3 is 1. The Bertz CT molecular complexity index is 1110. The van der Waals surface area contributed by atoms with Crippen molar-refractivity contribution in [2.75, 3.05) is 20.7 Å². The number of ether oxygens (including phenoxy) is 2. The molecule has 0 radical (unpaired) electrons. The Labute approximate surface area is 228 Å². The SMILES string of the molecule is CC(=O)OOC(=O)[C@H](OO)[C@@H](O)C(=O)O.COc1ccc2c3c1O[C@H]1C(=O)CC[C@H]4[C@@H](C2)N(C)CC[C@]314.O.O.O. The summed E-state index contributed by atoms with van der Waals surface area (Å²) in [5.74, 6) is -1.92. The van der Waals surface area contributed by atoms with Gasteiger partial charge in [0.15, 0.2) is 29.5 Å². The van der Waals surface area contributed by atoms with Crippen LogP contribution in [0.1, 0.15) is 37.3 Å². The number of carbonyl (C=O) groups excluding carboxylic acids is 3. The Morgan fingerprint density at radius 1 is 1.18 bits per heavy atom. The molecule has 5 rings (SSSR count). The first kappa shape index (κ1) is 34.6. The van der Waals surface area contributed by atoms with E-state index < -0.39 is 30.1 Å². The van der Waals surface area contributed by atoms with E-state index in [0.29, 0.717) is 18.4 Å². The number of carbonyl (C=O) groups is 4. The minimum atomic E-state index is -2.35. The van der Waals surface area contributed by atoms with E-state index in [2.05, 4.69) is 32.7 Å². The van der Waals surface area contributed by atoms with Crippen LogP contribution in [0.25, 0.3) is 0 Å². The molecule has 0 amide bonds. The highest BCUT2D eigenvalue weighted by molar-refractivity contribution is 5.89. The average molecular weight is 578 g/mol. The lowest BCUT2D eigenvalue weighted by atomic mass is 9.52. The molecule has 1 aromatic carbocycles. The minimum Gasteiger partial charge on any atom is -0.493 e. The maximum absolute atomic E-state index is 12.6. The van der Waals surface area contributed by atoms with Crippen molar-refractivity contribution >= 4 is 23.7 Å². The number of likely N-dealkylation sites (N-methyl/N-ethyl adjacent to an activating group) is 1. The molecule has 40 heavy (non-hydrogen) atoms. The molecule has 1 saturated heterocycles. The molecule has 0 unspecified atom stereocenters. The molecule has 226 valence electrons. The van der Waals surface area contributed by atoms with Gasteiger partial charge in [-0.1, -0.05) is 6.07 Å². The van der Waals surface area contributed by atoms with Gasteiger partial charge < -0.3 is 41.0 Å². The van der Waals surface area contributed by atoms with Crippen LogP contribution in [0.4, 0.5) is 0 Å². The smallest absolute Gasteiger partial charge is 0.390 e. The van der Waals surface area contributed by atoms with Crippen LogP contribution >= 0.6 is 0 Å². The fraction of sp³-hybridized carbons (Fsp3) is 0.583. The Hall–Kier alpha value is -3.38. The number of rotatable bonds is 5. The van der Waals surface area contributed by atoms with Crippen LogP contribution in [0.15, 0.2) is 12.1 Å². The molecular weight excluding hydrogens is 542 g/mol. The normalized spacial score (nSPS) is 26.3. The molecule has 1 spiro atoms. The van der Waals surface area contributed by atoms with Gasteiger partial charge in [0.25, 0.3) is 0 Å². The van der Waals surface area contributed by atoms with Crippen molar-refractivity contribution in [1.82, 2.24) is 4.90 Å². The van der Waals surface area contributed by atoms with Crippen molar-refractivity contribution < 1.29 is 75.2 Å². The molecule has 0 aromatic heterocycles. The van der Waals surface area contributed by atoms with Crippen molar-refractivity contribution in [3.8, 4) is 11.5 Å². The quantitative estimate of drug-likeness (QED) is 0.247. The standard InChI is InChI=1S/C18H21NO3.C6H8O9.3H2O/c1-19-8-7-18-11-4-5-13(20)17(18)22-16-14(21-2)6-3-10(15(16)18)9-12(11)19;1-2(7)14-15-6(11)4(13-12)3(8)5(9)10;;;/h3,6,11-12,17H,4-5,7-9H2,1-2H3;3-4,8,12H,1H3,(H,9,10);3*1H2/t11-,12+,17-,18-;3-,4-;;;/m01.../s1. The van der Waals surface area contributed by atoms with Gasteiger partial charge >= 0.3 is 17.9 Å². The lowest BCUT2D eigenvalue weighted by molar-refractivity contribution is -0.315. The highest BCUT2D eigenvalue weighted by atomic mass is 17.2. The molecule has 1 saturated carbocycles. The summed E-state index contributed by atoms with van der Waals surface area (Å²) in [6.45, 7) is 1.96. The van der Waals surface area contributed by atoms with E-state index in [0.717, 1.165) is 44.2 Å². The van der Waals surface area contributed by atoms with Gasteiger partial charge in [-0.3, -0.25) is 10.1 Å². The summed E-state index contributed by atoms with van der Waals surface area (Å²) >= 11 is 0. The molecule has 2 fully saturated rings. The van der Waals surface area contributed by atoms with E-state index in [1.54, 1.807) is 7.11 Å². The van der Waals surface area contributed by atoms with Crippen LogP contribution < -0.4 is 9.47 Å². The van der Waals surface area contributed by atoms with Gasteiger partial charge in [0.05, 0.1) is 7.11 Å². The predicted octanol–water partition coefficient (Wildman–Crippen LogP) is -2.23. The van der Waals surface area contributed by atoms with Gasteiger partial charge in [0.1, 0.15) is 0 Å². The van der Waals surface area contributed by atoms with Gasteiger partial charge in [-0.05, 0) is 50.4 Å². The summed E-state index contributed by atoms with van der Waals surface area (Å²) in [5, 5.41) is 25.2. The van der Waals surface area contributed by atoms with E-state index in [9.17, 15) is 19.2 Å². The number of carboxylic acid groups (broad SMARTS) is 1. The summed E-state index contributed by atoms with van der Waals surface area (Å²) in [6.07, 6.45) is -1.09. The third-order valence-electron chi connectivity index (χ3n) is 7.72. The molecule has 16 heteroatoms. The molecule has 2 heterocycles. The van der Waals surface area contributed by atoms with Gasteiger partial charge in [0, 0.05) is 30.4 Å². The topological polar surface area (TPSA) is 273 Å². The number of ketones is 1. The third-order valence-corrected chi connectivity index (χ3v) is 7.72. The van der Waals surface area contributed by atoms with E-state index >= 15 is 0 Å². The number of nitrogens with zero attached hydrogens (tertiary/aromatic N) is 1. The van der Waals surface area contributed by atoms with Crippen LogP contribution in [-0.4, -0.2) is 106 Å². The summed E-state index contributed by atoms with van der Waals surface area (Å²) in [4.78, 5) is 57.1. The molecule has 4 aliphatic rings. The van der Waals surface area contributed by atoms with E-state index in [1.165, 1.54) is 11.1 Å². The average Bonchev–Trinajstić information content (AvgIpc) is 3.22. The highest BCUT2D eigenvalue weighted by Gasteiger charge is 2.65. The number of carboxylic acids is 1. The highest BCUT2D eigenvalue weighted by Crippen LogP contribution is 2.63. The minimum absolute atomic E-state index is 0. The van der Waals surface area contributed by atoms with Crippen LogP contribution in [-0.2, 0) is 45.7 Å². The van der Waals surface area contributed by atoms with Crippen LogP contribution in [0.2, 0.25) is 0 Å². The Balaban J connectivity index is 0.000000401. The molecule has 16 nitrogen and oxygen atoms in total. The molecule has 9 N–H and O–H groups in total. The molecule has 1 aromatic rings. The molecular formula is C24H35NO15. The van der Waals surface area contributed by atoms with Crippen LogP contribution in [0.5, 0.6) is 11.5 Å². The van der Waals surface area contributed by atoms with Crippen molar-refractivity contribution in [3.63, 3.8) is 0 Å². The van der Waals surface area contributed by atoms with Crippen molar-refractivity contribution in [2.45, 2.75) is 62.4 Å². The third kappa shape index (κ3) is 5.60. The number of hydrogen-bond donors (Lipinski definition) is 3. The summed E-state index contributed by atoms with van der Waals surface area (Å²) in [5.41, 5.74) is 2.57. The van der Waals surface area contributed by atoms with Crippen LogP contribution in [0.3, 0.4) is 0 Å². The summed E-state index contributed by atoms with van der Waals surface area (Å²) in [7, 11) is 3.91. The maximum atomic E-state index is 12.6. The fourth-order valence-electron chi connectivity index (χ4n) is 6.18. The first-order chi connectivity index (χ1) is 17.6. The first-order valence-corrected chi connectivity index (χ1v) is 11.8. The number of aliphatic carboxylic acids is 1. The monoisotopic (exact) mass is 577 g/mol. The number of aliphatic hydroxyl groups is 1. The van der Waals surface area contributed by atoms with E-state index in [4.69, 9.17) is 24.9 Å².